The zero-order chi connectivity index (χ0) is 19.1. The molecule has 2 unspecified atom stereocenters. The van der Waals surface area contributed by atoms with Gasteiger partial charge in [-0.2, -0.15) is 0 Å². The lowest BCUT2D eigenvalue weighted by Gasteiger charge is -2.30. The SMILES string of the molecule is CCNC(=NCC1(O)CCOCC1)NC1CC(C)N(Cc2ccccc2)C1. The average molecular weight is 375 g/mol. The quantitative estimate of drug-likeness (QED) is 0.523. The number of aliphatic imine (C=N–C) groups is 1. The molecule has 2 fully saturated rings. The second-order valence-electron chi connectivity index (χ2n) is 7.87. The number of guanidine groups is 1. The highest BCUT2D eigenvalue weighted by molar-refractivity contribution is 5.80. The molecule has 6 nitrogen and oxygen atoms in total. The highest BCUT2D eigenvalue weighted by atomic mass is 16.5. The van der Waals surface area contributed by atoms with Crippen molar-refractivity contribution >= 4 is 5.96 Å². The second-order valence-corrected chi connectivity index (χ2v) is 7.87. The number of nitrogens with one attached hydrogen (secondary N) is 2. The standard InChI is InChI=1S/C21H34N4O2/c1-3-22-20(23-16-21(26)9-11-27-12-10-21)24-19-13-17(2)25(15-19)14-18-7-5-4-6-8-18/h4-8,17,19,26H,3,9-16H2,1-2H3,(H2,22,23,24). The van der Waals surface area contributed by atoms with E-state index in [0.29, 0.717) is 44.7 Å². The number of ether oxygens (including phenoxy) is 1. The molecule has 0 aromatic heterocycles. The Kier molecular flexibility index (Phi) is 7.10. The molecule has 0 spiro atoms. The summed E-state index contributed by atoms with van der Waals surface area (Å²) in [6.45, 7) is 8.80. The molecule has 3 rings (SSSR count). The van der Waals surface area contributed by atoms with Gasteiger partial charge in [-0.1, -0.05) is 30.3 Å². The first kappa shape index (κ1) is 20.1. The summed E-state index contributed by atoms with van der Waals surface area (Å²) in [7, 11) is 0. The van der Waals surface area contributed by atoms with Gasteiger partial charge in [0.1, 0.15) is 0 Å². The van der Waals surface area contributed by atoms with Crippen LogP contribution in [0.3, 0.4) is 0 Å². The van der Waals surface area contributed by atoms with Crippen LogP contribution in [-0.4, -0.2) is 66.5 Å². The molecule has 0 bridgehead atoms. The second kappa shape index (κ2) is 9.53. The van der Waals surface area contributed by atoms with Gasteiger partial charge in [-0.05, 0) is 25.8 Å². The Morgan fingerprint density at radius 3 is 2.74 bits per heavy atom. The predicted molar refractivity (Wildman–Crippen MR) is 109 cm³/mol. The Bertz CT molecular complexity index is 601. The molecule has 0 aliphatic carbocycles. The molecule has 2 aliphatic rings. The maximum absolute atomic E-state index is 10.6. The normalized spacial score (nSPS) is 26.1. The zero-order valence-corrected chi connectivity index (χ0v) is 16.7. The van der Waals surface area contributed by atoms with Gasteiger partial charge in [-0.3, -0.25) is 9.89 Å². The van der Waals surface area contributed by atoms with Gasteiger partial charge in [0, 0.05) is 57.8 Å². The lowest BCUT2D eigenvalue weighted by atomic mass is 9.95. The van der Waals surface area contributed by atoms with Crippen molar-refractivity contribution in [3.63, 3.8) is 0 Å². The van der Waals surface area contributed by atoms with Crippen LogP contribution in [0, 0.1) is 0 Å². The minimum Gasteiger partial charge on any atom is -0.388 e. The van der Waals surface area contributed by atoms with Crippen LogP contribution < -0.4 is 10.6 Å². The Hall–Kier alpha value is -1.63. The van der Waals surface area contributed by atoms with Crippen molar-refractivity contribution in [3.05, 3.63) is 35.9 Å². The van der Waals surface area contributed by atoms with Crippen LogP contribution in [0.25, 0.3) is 0 Å². The van der Waals surface area contributed by atoms with E-state index in [-0.39, 0.29) is 0 Å². The fourth-order valence-electron chi connectivity index (χ4n) is 3.89. The van der Waals surface area contributed by atoms with Crippen molar-refractivity contribution < 1.29 is 9.84 Å². The van der Waals surface area contributed by atoms with Crippen molar-refractivity contribution in [3.8, 4) is 0 Å². The third kappa shape index (κ3) is 5.92. The summed E-state index contributed by atoms with van der Waals surface area (Å²) >= 11 is 0. The van der Waals surface area contributed by atoms with E-state index in [9.17, 15) is 5.11 Å². The van der Waals surface area contributed by atoms with Crippen molar-refractivity contribution in [2.45, 2.75) is 57.3 Å². The zero-order valence-electron chi connectivity index (χ0n) is 16.7. The van der Waals surface area contributed by atoms with Gasteiger partial charge < -0.3 is 20.5 Å². The fraction of sp³-hybridized carbons (Fsp3) is 0.667. The Morgan fingerprint density at radius 1 is 1.30 bits per heavy atom. The van der Waals surface area contributed by atoms with E-state index in [4.69, 9.17) is 4.74 Å². The molecule has 2 atom stereocenters. The third-order valence-electron chi connectivity index (χ3n) is 5.57. The van der Waals surface area contributed by atoms with E-state index in [2.05, 4.69) is 64.7 Å². The molecule has 2 heterocycles. The largest absolute Gasteiger partial charge is 0.388 e. The summed E-state index contributed by atoms with van der Waals surface area (Å²) in [5.74, 6) is 0.802. The number of aliphatic hydroxyl groups is 1. The van der Waals surface area contributed by atoms with Crippen LogP contribution in [0.2, 0.25) is 0 Å². The summed E-state index contributed by atoms with van der Waals surface area (Å²) in [4.78, 5) is 7.19. The number of nitrogens with zero attached hydrogens (tertiary/aromatic N) is 2. The molecule has 0 radical (unpaired) electrons. The average Bonchev–Trinajstić information content (AvgIpc) is 3.00. The van der Waals surface area contributed by atoms with Crippen molar-refractivity contribution in [2.24, 2.45) is 4.99 Å². The van der Waals surface area contributed by atoms with Crippen molar-refractivity contribution in [1.29, 1.82) is 0 Å². The molecule has 6 heteroatoms. The third-order valence-corrected chi connectivity index (χ3v) is 5.57. The lowest BCUT2D eigenvalue weighted by molar-refractivity contribution is -0.0566. The van der Waals surface area contributed by atoms with Crippen LogP contribution in [0.15, 0.2) is 35.3 Å². The van der Waals surface area contributed by atoms with Crippen molar-refractivity contribution in [1.82, 2.24) is 15.5 Å². The smallest absolute Gasteiger partial charge is 0.191 e. The highest BCUT2D eigenvalue weighted by Gasteiger charge is 2.31. The summed E-state index contributed by atoms with van der Waals surface area (Å²) in [6, 6.07) is 11.5. The van der Waals surface area contributed by atoms with E-state index in [1.165, 1.54) is 5.56 Å². The number of rotatable bonds is 6. The van der Waals surface area contributed by atoms with Gasteiger partial charge in [0.15, 0.2) is 5.96 Å². The van der Waals surface area contributed by atoms with Crippen LogP contribution >= 0.6 is 0 Å². The number of hydrogen-bond acceptors (Lipinski definition) is 4. The van der Waals surface area contributed by atoms with Gasteiger partial charge in [0.2, 0.25) is 0 Å². The first-order valence-corrected chi connectivity index (χ1v) is 10.2. The van der Waals surface area contributed by atoms with E-state index < -0.39 is 5.60 Å². The Morgan fingerprint density at radius 2 is 2.04 bits per heavy atom. The molecule has 27 heavy (non-hydrogen) atoms. The Balaban J connectivity index is 1.55. The van der Waals surface area contributed by atoms with Crippen LogP contribution in [0.5, 0.6) is 0 Å². The molecule has 1 aromatic rings. The van der Waals surface area contributed by atoms with E-state index in [1.54, 1.807) is 0 Å². The summed E-state index contributed by atoms with van der Waals surface area (Å²) < 4.78 is 5.35. The molecular weight excluding hydrogens is 340 g/mol. The lowest BCUT2D eigenvalue weighted by Crippen LogP contribution is -2.46. The minimum atomic E-state index is -0.733. The van der Waals surface area contributed by atoms with Crippen LogP contribution in [-0.2, 0) is 11.3 Å². The van der Waals surface area contributed by atoms with Gasteiger partial charge >= 0.3 is 0 Å². The van der Waals surface area contributed by atoms with Gasteiger partial charge in [0.05, 0.1) is 12.1 Å². The van der Waals surface area contributed by atoms with E-state index in [0.717, 1.165) is 32.0 Å². The molecule has 1 aromatic carbocycles. The molecule has 2 saturated heterocycles. The Labute approximate surface area is 163 Å². The van der Waals surface area contributed by atoms with Gasteiger partial charge in [0.25, 0.3) is 0 Å². The monoisotopic (exact) mass is 374 g/mol. The van der Waals surface area contributed by atoms with E-state index in [1.807, 2.05) is 0 Å². The molecule has 2 aliphatic heterocycles. The minimum absolute atomic E-state index is 0.367. The van der Waals surface area contributed by atoms with Gasteiger partial charge in [-0.25, -0.2) is 0 Å². The number of likely N-dealkylation sites (tertiary alicyclic amines) is 1. The summed E-state index contributed by atoms with van der Waals surface area (Å²) in [5, 5.41) is 17.5. The maximum Gasteiger partial charge on any atom is 0.191 e. The number of benzene rings is 1. The molecule has 3 N–H and O–H groups in total. The summed E-state index contributed by atoms with van der Waals surface area (Å²) in [5.41, 5.74) is 0.621. The maximum atomic E-state index is 10.6. The first-order valence-electron chi connectivity index (χ1n) is 10.2. The molecule has 0 amide bonds. The van der Waals surface area contributed by atoms with Gasteiger partial charge in [-0.15, -0.1) is 0 Å². The van der Waals surface area contributed by atoms with E-state index >= 15 is 0 Å². The fourth-order valence-corrected chi connectivity index (χ4v) is 3.89. The topological polar surface area (TPSA) is 69.1 Å². The number of hydrogen-bond donors (Lipinski definition) is 3. The first-order chi connectivity index (χ1) is 13.1. The van der Waals surface area contributed by atoms with Crippen LogP contribution in [0.4, 0.5) is 0 Å². The van der Waals surface area contributed by atoms with Crippen molar-refractivity contribution in [2.75, 3.05) is 32.8 Å². The molecular formula is C21H34N4O2. The molecule has 0 saturated carbocycles. The predicted octanol–water partition coefficient (Wildman–Crippen LogP) is 1.75. The highest BCUT2D eigenvalue weighted by Crippen LogP contribution is 2.22. The van der Waals surface area contributed by atoms with Crippen LogP contribution in [0.1, 0.15) is 38.7 Å². The summed E-state index contributed by atoms with van der Waals surface area (Å²) in [6.07, 6.45) is 2.40. The molecule has 150 valence electrons.